The second-order valence-corrected chi connectivity index (χ2v) is 5.58. The van der Waals surface area contributed by atoms with E-state index in [9.17, 15) is 8.42 Å². The van der Waals surface area contributed by atoms with Crippen molar-refractivity contribution in [3.63, 3.8) is 0 Å². The lowest BCUT2D eigenvalue weighted by molar-refractivity contribution is 0.296. The fourth-order valence-corrected chi connectivity index (χ4v) is 2.20. The van der Waals surface area contributed by atoms with Crippen LogP contribution >= 0.6 is 0 Å². The summed E-state index contributed by atoms with van der Waals surface area (Å²) >= 11 is 0. The molecule has 88 valence electrons. The van der Waals surface area contributed by atoms with Gasteiger partial charge in [-0.1, -0.05) is 35.5 Å². The zero-order valence-electron chi connectivity index (χ0n) is 8.74. The Morgan fingerprint density at radius 2 is 1.94 bits per heavy atom. The highest BCUT2D eigenvalue weighted by Crippen LogP contribution is 2.10. The van der Waals surface area contributed by atoms with E-state index < -0.39 is 21.7 Å². The van der Waals surface area contributed by atoms with E-state index in [-0.39, 0.29) is 5.71 Å². The van der Waals surface area contributed by atoms with Crippen molar-refractivity contribution in [3.05, 3.63) is 35.9 Å². The number of nitrogens with zero attached hydrogens (tertiary/aromatic N) is 1. The summed E-state index contributed by atoms with van der Waals surface area (Å²) in [6.07, 6.45) is 0.988. The van der Waals surface area contributed by atoms with Gasteiger partial charge in [0.2, 0.25) is 0 Å². The number of rotatable bonds is 4. The highest BCUT2D eigenvalue weighted by Gasteiger charge is 2.27. The Hall–Kier alpha value is -1.40. The molecule has 0 aliphatic carbocycles. The maximum atomic E-state index is 11.4. The number of hydrogen-bond acceptors (Lipinski definition) is 5. The van der Waals surface area contributed by atoms with Gasteiger partial charge < -0.3 is 10.3 Å². The first kappa shape index (κ1) is 12.7. The Balaban J connectivity index is 3.19. The summed E-state index contributed by atoms with van der Waals surface area (Å²) in [7, 11) is -3.52. The summed E-state index contributed by atoms with van der Waals surface area (Å²) in [6, 6.07) is 8.37. The molecule has 0 spiro atoms. The smallest absolute Gasteiger partial charge is 0.158 e. The Morgan fingerprint density at radius 3 is 2.31 bits per heavy atom. The summed E-state index contributed by atoms with van der Waals surface area (Å²) in [5.74, 6) is 0. The Bertz CT molecular complexity index is 467. The lowest BCUT2D eigenvalue weighted by atomic mass is 10.1. The Labute approximate surface area is 94.0 Å². The standard InChI is InChI=1S/C10H13NO4S/c1-16(14,15)9(7-12)10(11-13)8-5-3-2-4-6-8/h2-6,9,12-13H,7H2,1H3/b11-10+. The van der Waals surface area contributed by atoms with Gasteiger partial charge in [0.15, 0.2) is 9.84 Å². The molecule has 0 amide bonds. The minimum absolute atomic E-state index is 0.0504. The molecule has 0 aromatic heterocycles. The fraction of sp³-hybridized carbons (Fsp3) is 0.300. The van der Waals surface area contributed by atoms with E-state index in [1.807, 2.05) is 0 Å². The van der Waals surface area contributed by atoms with E-state index in [0.29, 0.717) is 5.56 Å². The van der Waals surface area contributed by atoms with Gasteiger partial charge in [-0.15, -0.1) is 0 Å². The summed E-state index contributed by atoms with van der Waals surface area (Å²) in [5, 5.41) is 19.7. The van der Waals surface area contributed by atoms with Crippen molar-refractivity contribution in [3.8, 4) is 0 Å². The summed E-state index contributed by atoms with van der Waals surface area (Å²) < 4.78 is 22.8. The topological polar surface area (TPSA) is 87.0 Å². The molecule has 0 saturated carbocycles. The second-order valence-electron chi connectivity index (χ2n) is 3.35. The van der Waals surface area contributed by atoms with Crippen molar-refractivity contribution < 1.29 is 18.7 Å². The number of aliphatic hydroxyl groups is 1. The van der Waals surface area contributed by atoms with Crippen molar-refractivity contribution in [1.82, 2.24) is 0 Å². The van der Waals surface area contributed by atoms with Gasteiger partial charge >= 0.3 is 0 Å². The SMILES string of the molecule is CS(=O)(=O)C(CO)/C(=N/O)c1ccccc1. The molecule has 5 nitrogen and oxygen atoms in total. The molecule has 6 heteroatoms. The van der Waals surface area contributed by atoms with Gasteiger partial charge in [0.05, 0.1) is 6.61 Å². The monoisotopic (exact) mass is 243 g/mol. The second kappa shape index (κ2) is 5.09. The van der Waals surface area contributed by atoms with E-state index in [4.69, 9.17) is 10.3 Å². The van der Waals surface area contributed by atoms with Gasteiger partial charge in [0, 0.05) is 11.8 Å². The maximum Gasteiger partial charge on any atom is 0.158 e. The summed E-state index contributed by atoms with van der Waals surface area (Å²) in [4.78, 5) is 0. The summed E-state index contributed by atoms with van der Waals surface area (Å²) in [6.45, 7) is -0.618. The molecule has 1 rings (SSSR count). The molecule has 0 bridgehead atoms. The molecule has 1 atom stereocenters. The molecular formula is C10H13NO4S. The van der Waals surface area contributed by atoms with Gasteiger partial charge in [-0.05, 0) is 0 Å². The average Bonchev–Trinajstić information content (AvgIpc) is 2.25. The molecule has 0 saturated heterocycles. The van der Waals surface area contributed by atoms with Crippen LogP contribution in [0.3, 0.4) is 0 Å². The molecule has 0 fully saturated rings. The first-order valence-corrected chi connectivity index (χ1v) is 6.53. The lowest BCUT2D eigenvalue weighted by Gasteiger charge is -2.13. The van der Waals surface area contributed by atoms with E-state index in [0.717, 1.165) is 6.26 Å². The number of aliphatic hydroxyl groups excluding tert-OH is 1. The van der Waals surface area contributed by atoms with Crippen LogP contribution in [0.1, 0.15) is 5.56 Å². The minimum atomic E-state index is -3.52. The van der Waals surface area contributed by atoms with Gasteiger partial charge in [-0.25, -0.2) is 8.42 Å². The molecule has 2 N–H and O–H groups in total. The van der Waals surface area contributed by atoms with Gasteiger partial charge in [-0.2, -0.15) is 0 Å². The summed E-state index contributed by atoms with van der Waals surface area (Å²) in [5.41, 5.74) is 0.417. The average molecular weight is 243 g/mol. The van der Waals surface area contributed by atoms with Crippen molar-refractivity contribution in [1.29, 1.82) is 0 Å². The third-order valence-electron chi connectivity index (χ3n) is 2.16. The van der Waals surface area contributed by atoms with Crippen LogP contribution in [0.25, 0.3) is 0 Å². The predicted molar refractivity (Wildman–Crippen MR) is 60.5 cm³/mol. The van der Waals surface area contributed by atoms with Crippen LogP contribution in [0, 0.1) is 0 Å². The molecule has 16 heavy (non-hydrogen) atoms. The predicted octanol–water partition coefficient (Wildman–Crippen LogP) is 0.270. The largest absolute Gasteiger partial charge is 0.411 e. The third-order valence-corrected chi connectivity index (χ3v) is 3.57. The van der Waals surface area contributed by atoms with Crippen molar-refractivity contribution in [2.45, 2.75) is 5.25 Å². The molecule has 0 aliphatic heterocycles. The van der Waals surface area contributed by atoms with Crippen molar-refractivity contribution >= 4 is 15.5 Å². The molecule has 1 aromatic rings. The zero-order chi connectivity index (χ0) is 12.2. The van der Waals surface area contributed by atoms with Crippen LogP contribution in [-0.4, -0.2) is 42.6 Å². The normalized spacial score (nSPS) is 14.8. The molecule has 0 heterocycles. The highest BCUT2D eigenvalue weighted by atomic mass is 32.2. The molecule has 1 aromatic carbocycles. The number of hydrogen-bond donors (Lipinski definition) is 2. The van der Waals surface area contributed by atoms with Crippen LogP contribution in [0.2, 0.25) is 0 Å². The first-order valence-electron chi connectivity index (χ1n) is 4.57. The van der Waals surface area contributed by atoms with Crippen LogP contribution in [0.15, 0.2) is 35.5 Å². The first-order chi connectivity index (χ1) is 7.50. The van der Waals surface area contributed by atoms with Gasteiger partial charge in [0.25, 0.3) is 0 Å². The maximum absolute atomic E-state index is 11.4. The van der Waals surface area contributed by atoms with E-state index >= 15 is 0 Å². The van der Waals surface area contributed by atoms with Crippen LogP contribution in [-0.2, 0) is 9.84 Å². The fourth-order valence-electron chi connectivity index (χ4n) is 1.34. The minimum Gasteiger partial charge on any atom is -0.411 e. The van der Waals surface area contributed by atoms with Crippen molar-refractivity contribution in [2.24, 2.45) is 5.16 Å². The number of benzene rings is 1. The van der Waals surface area contributed by atoms with Gasteiger partial charge in [0.1, 0.15) is 11.0 Å². The quantitative estimate of drug-likeness (QED) is 0.451. The van der Waals surface area contributed by atoms with E-state index in [2.05, 4.69) is 5.16 Å². The molecular weight excluding hydrogens is 230 g/mol. The van der Waals surface area contributed by atoms with Crippen LogP contribution in [0.4, 0.5) is 0 Å². The van der Waals surface area contributed by atoms with E-state index in [1.54, 1.807) is 30.3 Å². The zero-order valence-corrected chi connectivity index (χ0v) is 9.55. The number of oxime groups is 1. The van der Waals surface area contributed by atoms with Crippen molar-refractivity contribution in [2.75, 3.05) is 12.9 Å². The molecule has 0 radical (unpaired) electrons. The molecule has 1 unspecified atom stereocenters. The van der Waals surface area contributed by atoms with Crippen LogP contribution in [0.5, 0.6) is 0 Å². The lowest BCUT2D eigenvalue weighted by Crippen LogP contribution is -2.33. The third kappa shape index (κ3) is 2.80. The molecule has 0 aliphatic rings. The Kier molecular flexibility index (Phi) is 4.03. The van der Waals surface area contributed by atoms with Gasteiger partial charge in [-0.3, -0.25) is 0 Å². The van der Waals surface area contributed by atoms with E-state index in [1.165, 1.54) is 0 Å². The Morgan fingerprint density at radius 1 is 1.38 bits per heavy atom. The van der Waals surface area contributed by atoms with Crippen LogP contribution < -0.4 is 0 Å². The highest BCUT2D eigenvalue weighted by molar-refractivity contribution is 7.92. The number of sulfone groups is 1.